The van der Waals surface area contributed by atoms with Crippen LogP contribution in [0, 0.1) is 5.82 Å². The highest BCUT2D eigenvalue weighted by Gasteiger charge is 2.11. The van der Waals surface area contributed by atoms with Gasteiger partial charge >= 0.3 is 0 Å². The second-order valence-electron chi connectivity index (χ2n) is 3.92. The van der Waals surface area contributed by atoms with Crippen molar-refractivity contribution in [3.63, 3.8) is 0 Å². The summed E-state index contributed by atoms with van der Waals surface area (Å²) in [6.07, 6.45) is 2.80. The molecule has 0 amide bonds. The van der Waals surface area contributed by atoms with E-state index in [1.165, 1.54) is 12.3 Å². The lowest BCUT2D eigenvalue weighted by atomic mass is 10.1. The zero-order valence-electron chi connectivity index (χ0n) is 10.0. The van der Waals surface area contributed by atoms with E-state index < -0.39 is 0 Å². The fourth-order valence-electron chi connectivity index (χ4n) is 1.57. The molecule has 0 radical (unpaired) electrons. The summed E-state index contributed by atoms with van der Waals surface area (Å²) in [7, 11) is 0. The number of hydrazine groups is 1. The van der Waals surface area contributed by atoms with E-state index in [1.807, 2.05) is 24.3 Å². The van der Waals surface area contributed by atoms with Crippen LogP contribution in [0.25, 0.3) is 0 Å². The molecule has 100 valence electrons. The van der Waals surface area contributed by atoms with Crippen LogP contribution in [0.3, 0.4) is 0 Å². The SMILES string of the molecule is NNC(CSc1ccc(Br)cc1)c1cncc(F)c1. The lowest BCUT2D eigenvalue weighted by Gasteiger charge is -2.15. The minimum atomic E-state index is -0.355. The third kappa shape index (κ3) is 4.28. The molecule has 0 aliphatic carbocycles. The van der Waals surface area contributed by atoms with Crippen LogP contribution in [0.2, 0.25) is 0 Å². The number of thioether (sulfide) groups is 1. The van der Waals surface area contributed by atoms with Crippen molar-refractivity contribution in [1.82, 2.24) is 10.4 Å². The van der Waals surface area contributed by atoms with Gasteiger partial charge in [0.05, 0.1) is 12.2 Å². The van der Waals surface area contributed by atoms with Crippen LogP contribution in [0.15, 0.2) is 52.1 Å². The maximum absolute atomic E-state index is 13.1. The summed E-state index contributed by atoms with van der Waals surface area (Å²) in [6.45, 7) is 0. The third-order valence-corrected chi connectivity index (χ3v) is 4.19. The highest BCUT2D eigenvalue weighted by atomic mass is 79.9. The zero-order chi connectivity index (χ0) is 13.7. The number of hydrogen-bond donors (Lipinski definition) is 2. The van der Waals surface area contributed by atoms with Gasteiger partial charge in [0.25, 0.3) is 0 Å². The molecule has 1 unspecified atom stereocenters. The van der Waals surface area contributed by atoms with Crippen LogP contribution in [0.4, 0.5) is 4.39 Å². The van der Waals surface area contributed by atoms with Gasteiger partial charge in [0.15, 0.2) is 0 Å². The fourth-order valence-corrected chi connectivity index (χ4v) is 2.81. The Kier molecular flexibility index (Phi) is 5.33. The van der Waals surface area contributed by atoms with Crippen molar-refractivity contribution in [3.05, 3.63) is 58.6 Å². The average Bonchev–Trinajstić information content (AvgIpc) is 2.42. The van der Waals surface area contributed by atoms with Crippen LogP contribution < -0.4 is 11.3 Å². The minimum Gasteiger partial charge on any atom is -0.271 e. The molecule has 1 aromatic carbocycles. The predicted molar refractivity (Wildman–Crippen MR) is 79.1 cm³/mol. The average molecular weight is 342 g/mol. The van der Waals surface area contributed by atoms with Crippen LogP contribution >= 0.6 is 27.7 Å². The smallest absolute Gasteiger partial charge is 0.141 e. The van der Waals surface area contributed by atoms with E-state index in [2.05, 4.69) is 26.3 Å². The molecule has 1 heterocycles. The number of pyridine rings is 1. The number of hydrogen-bond acceptors (Lipinski definition) is 4. The van der Waals surface area contributed by atoms with Crippen LogP contribution in [0.5, 0.6) is 0 Å². The summed E-state index contributed by atoms with van der Waals surface area (Å²) in [4.78, 5) is 4.97. The second-order valence-corrected chi connectivity index (χ2v) is 5.93. The first-order chi connectivity index (χ1) is 9.19. The van der Waals surface area contributed by atoms with Crippen LogP contribution in [0.1, 0.15) is 11.6 Å². The van der Waals surface area contributed by atoms with Gasteiger partial charge in [-0.05, 0) is 35.9 Å². The number of halogens is 2. The van der Waals surface area contributed by atoms with E-state index in [1.54, 1.807) is 18.0 Å². The molecule has 3 N–H and O–H groups in total. The maximum atomic E-state index is 13.1. The second kappa shape index (κ2) is 7.00. The molecule has 0 saturated heterocycles. The normalized spacial score (nSPS) is 12.4. The molecule has 1 aromatic heterocycles. The van der Waals surface area contributed by atoms with E-state index in [-0.39, 0.29) is 11.9 Å². The van der Waals surface area contributed by atoms with Gasteiger partial charge in [-0.3, -0.25) is 16.3 Å². The number of aromatic nitrogens is 1. The summed E-state index contributed by atoms with van der Waals surface area (Å²) in [5, 5.41) is 0. The molecule has 19 heavy (non-hydrogen) atoms. The molecule has 1 atom stereocenters. The van der Waals surface area contributed by atoms with Crippen molar-refractivity contribution < 1.29 is 4.39 Å². The van der Waals surface area contributed by atoms with E-state index in [0.717, 1.165) is 14.9 Å². The third-order valence-electron chi connectivity index (χ3n) is 2.56. The Hall–Kier alpha value is -0.950. The molecule has 2 aromatic rings. The monoisotopic (exact) mass is 341 g/mol. The topological polar surface area (TPSA) is 50.9 Å². The lowest BCUT2D eigenvalue weighted by Crippen LogP contribution is -2.29. The van der Waals surface area contributed by atoms with Crippen molar-refractivity contribution in [2.24, 2.45) is 5.84 Å². The van der Waals surface area contributed by atoms with Gasteiger partial charge in [-0.15, -0.1) is 11.8 Å². The number of nitrogens with two attached hydrogens (primary N) is 1. The van der Waals surface area contributed by atoms with Gasteiger partial charge in [-0.25, -0.2) is 4.39 Å². The van der Waals surface area contributed by atoms with Gasteiger partial charge in [-0.2, -0.15) is 0 Å². The molecule has 0 aliphatic rings. The molecule has 6 heteroatoms. The molecule has 0 bridgehead atoms. The molecule has 0 saturated carbocycles. The molecular formula is C13H13BrFN3S. The van der Waals surface area contributed by atoms with E-state index >= 15 is 0 Å². The first-order valence-electron chi connectivity index (χ1n) is 5.64. The van der Waals surface area contributed by atoms with Gasteiger partial charge < -0.3 is 0 Å². The minimum absolute atomic E-state index is 0.142. The highest BCUT2D eigenvalue weighted by Crippen LogP contribution is 2.25. The van der Waals surface area contributed by atoms with Crippen molar-refractivity contribution in [2.45, 2.75) is 10.9 Å². The first-order valence-corrected chi connectivity index (χ1v) is 7.42. The van der Waals surface area contributed by atoms with Crippen molar-refractivity contribution in [2.75, 3.05) is 5.75 Å². The zero-order valence-corrected chi connectivity index (χ0v) is 12.4. The summed E-state index contributed by atoms with van der Waals surface area (Å²) in [5.74, 6) is 5.86. The Balaban J connectivity index is 2.01. The summed E-state index contributed by atoms with van der Waals surface area (Å²) in [5.41, 5.74) is 3.43. The highest BCUT2D eigenvalue weighted by molar-refractivity contribution is 9.10. The van der Waals surface area contributed by atoms with Crippen LogP contribution in [-0.4, -0.2) is 10.7 Å². The van der Waals surface area contributed by atoms with Gasteiger partial charge in [-0.1, -0.05) is 15.9 Å². The van der Waals surface area contributed by atoms with E-state index in [9.17, 15) is 4.39 Å². The Bertz CT molecular complexity index is 536. The Morgan fingerprint density at radius 1 is 1.32 bits per heavy atom. The maximum Gasteiger partial charge on any atom is 0.141 e. The number of rotatable bonds is 5. The van der Waals surface area contributed by atoms with Crippen molar-refractivity contribution in [1.29, 1.82) is 0 Å². The van der Waals surface area contributed by atoms with E-state index in [4.69, 9.17) is 5.84 Å². The van der Waals surface area contributed by atoms with E-state index in [0.29, 0.717) is 5.75 Å². The van der Waals surface area contributed by atoms with Gasteiger partial charge in [0.1, 0.15) is 5.82 Å². The summed E-state index contributed by atoms with van der Waals surface area (Å²) >= 11 is 5.04. The van der Waals surface area contributed by atoms with Crippen molar-refractivity contribution >= 4 is 27.7 Å². The Morgan fingerprint density at radius 3 is 2.68 bits per heavy atom. The first kappa shape index (κ1) is 14.5. The molecule has 0 aliphatic heterocycles. The summed E-state index contributed by atoms with van der Waals surface area (Å²) in [6, 6.07) is 9.31. The Labute approximate surface area is 123 Å². The largest absolute Gasteiger partial charge is 0.271 e. The number of nitrogens with one attached hydrogen (secondary N) is 1. The van der Waals surface area contributed by atoms with Crippen molar-refractivity contribution in [3.8, 4) is 0 Å². The molecule has 0 fully saturated rings. The lowest BCUT2D eigenvalue weighted by molar-refractivity contribution is 0.585. The number of nitrogens with zero attached hydrogens (tertiary/aromatic N) is 1. The molecule has 2 rings (SSSR count). The van der Waals surface area contributed by atoms with Gasteiger partial charge in [0, 0.05) is 21.3 Å². The summed E-state index contributed by atoms with van der Waals surface area (Å²) < 4.78 is 14.2. The predicted octanol–water partition coefficient (Wildman–Crippen LogP) is 3.28. The number of benzene rings is 1. The standard InChI is InChI=1S/C13H13BrFN3S/c14-10-1-3-12(4-2-10)19-8-13(18-16)9-5-11(15)7-17-6-9/h1-7,13,18H,8,16H2. The molecular weight excluding hydrogens is 329 g/mol. The molecule has 0 spiro atoms. The fraction of sp³-hybridized carbons (Fsp3) is 0.154. The molecule has 3 nitrogen and oxygen atoms in total. The quantitative estimate of drug-likeness (QED) is 0.497. The van der Waals surface area contributed by atoms with Crippen LogP contribution in [-0.2, 0) is 0 Å². The Morgan fingerprint density at radius 2 is 2.05 bits per heavy atom. The van der Waals surface area contributed by atoms with Gasteiger partial charge in [0.2, 0.25) is 0 Å².